The summed E-state index contributed by atoms with van der Waals surface area (Å²) in [6.07, 6.45) is 0.330. The third kappa shape index (κ3) is 5.19. The summed E-state index contributed by atoms with van der Waals surface area (Å²) in [5, 5.41) is 2.68. The third-order valence-electron chi connectivity index (χ3n) is 2.85. The minimum atomic E-state index is -0.321. The largest absolute Gasteiger partial charge is 0.352 e. The van der Waals surface area contributed by atoms with Gasteiger partial charge < -0.3 is 5.32 Å². The van der Waals surface area contributed by atoms with Crippen LogP contribution in [0, 0.1) is 11.6 Å². The van der Waals surface area contributed by atoms with Gasteiger partial charge in [-0.1, -0.05) is 18.2 Å². The fourth-order valence-electron chi connectivity index (χ4n) is 1.72. The Morgan fingerprint density at radius 3 is 2.48 bits per heavy atom. The minimum Gasteiger partial charge on any atom is -0.352 e. The normalized spacial score (nSPS) is 10.4. The van der Waals surface area contributed by atoms with Gasteiger partial charge >= 0.3 is 0 Å². The van der Waals surface area contributed by atoms with Crippen LogP contribution in [0.3, 0.4) is 0 Å². The lowest BCUT2D eigenvalue weighted by molar-refractivity contribution is -0.120. The van der Waals surface area contributed by atoms with Crippen LogP contribution in [0.4, 0.5) is 8.78 Å². The quantitative estimate of drug-likeness (QED) is 0.823. The lowest BCUT2D eigenvalue weighted by Gasteiger charge is -2.06. The predicted molar refractivity (Wildman–Crippen MR) is 80.0 cm³/mol. The number of rotatable bonds is 6. The average molecular weight is 307 g/mol. The van der Waals surface area contributed by atoms with E-state index < -0.39 is 0 Å². The SMILES string of the molecule is O=C(CCSc1ccc(F)cc1)NCc1ccccc1F. The molecule has 0 fully saturated rings. The van der Waals surface area contributed by atoms with Gasteiger partial charge in [0.25, 0.3) is 0 Å². The highest BCUT2D eigenvalue weighted by atomic mass is 32.2. The van der Waals surface area contributed by atoms with E-state index in [0.717, 1.165) is 4.90 Å². The summed E-state index contributed by atoms with van der Waals surface area (Å²) >= 11 is 1.48. The zero-order chi connectivity index (χ0) is 15.1. The molecule has 2 rings (SSSR count). The molecule has 0 aromatic heterocycles. The molecule has 0 bridgehead atoms. The third-order valence-corrected chi connectivity index (χ3v) is 3.86. The van der Waals surface area contributed by atoms with Crippen molar-refractivity contribution in [1.82, 2.24) is 5.32 Å². The van der Waals surface area contributed by atoms with Gasteiger partial charge in [0.05, 0.1) is 0 Å². The number of hydrogen-bond acceptors (Lipinski definition) is 2. The molecule has 0 aliphatic rings. The Balaban J connectivity index is 1.70. The van der Waals surface area contributed by atoms with E-state index in [0.29, 0.717) is 17.7 Å². The fourth-order valence-corrected chi connectivity index (χ4v) is 2.57. The molecule has 1 N–H and O–H groups in total. The first-order chi connectivity index (χ1) is 10.1. The maximum absolute atomic E-state index is 13.4. The molecule has 2 aromatic carbocycles. The molecule has 0 heterocycles. The molecule has 0 spiro atoms. The summed E-state index contributed by atoms with van der Waals surface area (Å²) < 4.78 is 26.1. The lowest BCUT2D eigenvalue weighted by Crippen LogP contribution is -2.23. The summed E-state index contributed by atoms with van der Waals surface area (Å²) in [5.41, 5.74) is 0.469. The van der Waals surface area contributed by atoms with Gasteiger partial charge in [-0.25, -0.2) is 8.78 Å². The number of nitrogens with one attached hydrogen (secondary N) is 1. The monoisotopic (exact) mass is 307 g/mol. The van der Waals surface area contributed by atoms with E-state index in [1.165, 1.54) is 30.0 Å². The molecule has 5 heteroatoms. The van der Waals surface area contributed by atoms with Gasteiger partial charge in [0.1, 0.15) is 11.6 Å². The zero-order valence-corrected chi connectivity index (χ0v) is 12.1. The summed E-state index contributed by atoms with van der Waals surface area (Å²) in [4.78, 5) is 12.6. The second-order valence-corrected chi connectivity index (χ2v) is 5.59. The summed E-state index contributed by atoms with van der Waals surface area (Å²) in [6.45, 7) is 0.187. The molecular weight excluding hydrogens is 292 g/mol. The van der Waals surface area contributed by atoms with Crippen molar-refractivity contribution in [3.05, 3.63) is 65.7 Å². The van der Waals surface area contributed by atoms with E-state index in [4.69, 9.17) is 0 Å². The first-order valence-corrected chi connectivity index (χ1v) is 7.52. The fraction of sp³-hybridized carbons (Fsp3) is 0.188. The first-order valence-electron chi connectivity index (χ1n) is 6.53. The first kappa shape index (κ1) is 15.5. The van der Waals surface area contributed by atoms with Crippen LogP contribution in [0.15, 0.2) is 53.4 Å². The topological polar surface area (TPSA) is 29.1 Å². The average Bonchev–Trinajstić information content (AvgIpc) is 2.48. The zero-order valence-electron chi connectivity index (χ0n) is 11.3. The van der Waals surface area contributed by atoms with Gasteiger partial charge in [0.15, 0.2) is 0 Å². The second-order valence-electron chi connectivity index (χ2n) is 4.42. The van der Waals surface area contributed by atoms with Gasteiger partial charge in [-0.2, -0.15) is 0 Å². The number of carbonyl (C=O) groups excluding carboxylic acids is 1. The Morgan fingerprint density at radius 2 is 1.76 bits per heavy atom. The molecular formula is C16H15F2NOS. The second kappa shape index (κ2) is 7.78. The number of carbonyl (C=O) groups is 1. The van der Waals surface area contributed by atoms with Crippen molar-refractivity contribution in [2.75, 3.05) is 5.75 Å². The number of benzene rings is 2. The van der Waals surface area contributed by atoms with E-state index in [1.807, 2.05) is 0 Å². The Hall–Kier alpha value is -1.88. The van der Waals surface area contributed by atoms with Gasteiger partial charge in [0, 0.05) is 29.2 Å². The van der Waals surface area contributed by atoms with Gasteiger partial charge in [-0.15, -0.1) is 11.8 Å². The molecule has 0 unspecified atom stereocenters. The van der Waals surface area contributed by atoms with E-state index in [-0.39, 0.29) is 24.1 Å². The van der Waals surface area contributed by atoms with Crippen LogP contribution in [0.25, 0.3) is 0 Å². The maximum atomic E-state index is 13.4. The van der Waals surface area contributed by atoms with Crippen molar-refractivity contribution in [3.8, 4) is 0 Å². The highest BCUT2D eigenvalue weighted by molar-refractivity contribution is 7.99. The summed E-state index contributed by atoms with van der Waals surface area (Å²) in [5.74, 6) is -0.136. The molecule has 0 saturated carbocycles. The molecule has 1 amide bonds. The molecule has 110 valence electrons. The molecule has 2 nitrogen and oxygen atoms in total. The summed E-state index contributed by atoms with van der Waals surface area (Å²) in [7, 11) is 0. The number of halogens is 2. The van der Waals surface area contributed by atoms with Crippen LogP contribution in [0.2, 0.25) is 0 Å². The Bertz CT molecular complexity index is 601. The van der Waals surface area contributed by atoms with E-state index in [2.05, 4.69) is 5.32 Å². The van der Waals surface area contributed by atoms with Crippen LogP contribution in [0.1, 0.15) is 12.0 Å². The number of hydrogen-bond donors (Lipinski definition) is 1. The molecule has 0 aliphatic carbocycles. The smallest absolute Gasteiger partial charge is 0.221 e. The maximum Gasteiger partial charge on any atom is 0.221 e. The highest BCUT2D eigenvalue weighted by Gasteiger charge is 2.05. The van der Waals surface area contributed by atoms with Crippen molar-refractivity contribution in [2.24, 2.45) is 0 Å². The number of amides is 1. The van der Waals surface area contributed by atoms with Gasteiger partial charge in [0.2, 0.25) is 5.91 Å². The molecule has 0 saturated heterocycles. The van der Waals surface area contributed by atoms with Crippen LogP contribution in [-0.2, 0) is 11.3 Å². The van der Waals surface area contributed by atoms with Crippen molar-refractivity contribution >= 4 is 17.7 Å². The van der Waals surface area contributed by atoms with Crippen molar-refractivity contribution < 1.29 is 13.6 Å². The van der Waals surface area contributed by atoms with Crippen molar-refractivity contribution in [3.63, 3.8) is 0 Å². The molecule has 2 aromatic rings. The van der Waals surface area contributed by atoms with Crippen LogP contribution >= 0.6 is 11.8 Å². The van der Waals surface area contributed by atoms with E-state index in [1.54, 1.807) is 30.3 Å². The Morgan fingerprint density at radius 1 is 1.05 bits per heavy atom. The Labute approximate surface area is 126 Å². The Kier molecular flexibility index (Phi) is 5.75. The highest BCUT2D eigenvalue weighted by Crippen LogP contribution is 2.18. The van der Waals surface area contributed by atoms with Crippen molar-refractivity contribution in [2.45, 2.75) is 17.9 Å². The van der Waals surface area contributed by atoms with Gasteiger partial charge in [-0.05, 0) is 30.3 Å². The standard InChI is InChI=1S/C16H15F2NOS/c17-13-5-7-14(8-6-13)21-10-9-16(20)19-11-12-3-1-2-4-15(12)18/h1-8H,9-11H2,(H,19,20). The van der Waals surface area contributed by atoms with Crippen LogP contribution in [-0.4, -0.2) is 11.7 Å². The summed E-state index contributed by atoms with van der Waals surface area (Å²) in [6, 6.07) is 12.5. The number of thioether (sulfide) groups is 1. The minimum absolute atomic E-state index is 0.132. The van der Waals surface area contributed by atoms with Crippen LogP contribution in [0.5, 0.6) is 0 Å². The van der Waals surface area contributed by atoms with Crippen LogP contribution < -0.4 is 5.32 Å². The van der Waals surface area contributed by atoms with E-state index in [9.17, 15) is 13.6 Å². The van der Waals surface area contributed by atoms with Gasteiger partial charge in [-0.3, -0.25) is 4.79 Å². The molecule has 0 aliphatic heterocycles. The lowest BCUT2D eigenvalue weighted by atomic mass is 10.2. The predicted octanol–water partition coefficient (Wildman–Crippen LogP) is 3.76. The molecule has 21 heavy (non-hydrogen) atoms. The molecule has 0 atom stereocenters. The van der Waals surface area contributed by atoms with E-state index >= 15 is 0 Å². The molecule has 0 radical (unpaired) electrons. The van der Waals surface area contributed by atoms with Crippen molar-refractivity contribution in [1.29, 1.82) is 0 Å².